The van der Waals surface area contributed by atoms with Crippen molar-refractivity contribution in [3.63, 3.8) is 0 Å². The molecule has 4 atom stereocenters. The highest BCUT2D eigenvalue weighted by atomic mass is 32.1. The number of fused-ring (bicyclic) bond motifs is 1. The molecule has 0 bridgehead atoms. The van der Waals surface area contributed by atoms with Gasteiger partial charge in [0.2, 0.25) is 5.95 Å². The van der Waals surface area contributed by atoms with Gasteiger partial charge in [-0.2, -0.15) is 4.98 Å². The average molecular weight is 316 g/mol. The molecule has 0 aromatic carbocycles. The first-order valence-electron chi connectivity index (χ1n) is 5.97. The normalized spacial score (nSPS) is 29.3. The maximum atomic E-state index is 12.0. The Morgan fingerprint density at radius 3 is 2.71 bits per heavy atom. The molecule has 10 nitrogen and oxygen atoms in total. The second kappa shape index (κ2) is 4.89. The van der Waals surface area contributed by atoms with Crippen LogP contribution >= 0.6 is 11.3 Å². The summed E-state index contributed by atoms with van der Waals surface area (Å²) in [5, 5.41) is 28.8. The number of aliphatic hydroxyl groups is 3. The van der Waals surface area contributed by atoms with Crippen LogP contribution in [0.3, 0.4) is 0 Å². The van der Waals surface area contributed by atoms with Crippen molar-refractivity contribution < 1.29 is 20.1 Å². The number of nitrogen functional groups attached to an aromatic ring is 1. The minimum absolute atomic E-state index is 0.0342. The number of hydrogen-bond acceptors (Lipinski definition) is 9. The molecular formula is C10H12N4O6S. The zero-order chi connectivity index (χ0) is 15.3. The van der Waals surface area contributed by atoms with Gasteiger partial charge in [-0.3, -0.25) is 19.1 Å². The van der Waals surface area contributed by atoms with Crippen molar-refractivity contribution in [2.75, 3.05) is 12.3 Å². The fourth-order valence-electron chi connectivity index (χ4n) is 2.26. The molecule has 1 unspecified atom stereocenters. The molecule has 0 spiro atoms. The molecule has 6 N–H and O–H groups in total. The third-order valence-electron chi connectivity index (χ3n) is 3.26. The molecular weight excluding hydrogens is 304 g/mol. The number of anilines is 1. The first-order valence-corrected chi connectivity index (χ1v) is 6.79. The third kappa shape index (κ3) is 2.06. The Morgan fingerprint density at radius 2 is 2.10 bits per heavy atom. The number of hydrogen-bond donors (Lipinski definition) is 5. The highest BCUT2D eigenvalue weighted by Crippen LogP contribution is 2.30. The molecule has 1 aliphatic rings. The van der Waals surface area contributed by atoms with Crippen molar-refractivity contribution >= 4 is 27.6 Å². The van der Waals surface area contributed by atoms with Gasteiger partial charge >= 0.3 is 4.87 Å². The van der Waals surface area contributed by atoms with Crippen molar-refractivity contribution in [3.8, 4) is 0 Å². The number of nitrogens with two attached hydrogens (primary N) is 1. The summed E-state index contributed by atoms with van der Waals surface area (Å²) in [6.07, 6.45) is -5.10. The minimum atomic E-state index is -1.44. The number of nitrogens with zero attached hydrogens (tertiary/aromatic N) is 2. The maximum Gasteiger partial charge on any atom is 0.311 e. The summed E-state index contributed by atoms with van der Waals surface area (Å²) in [5.41, 5.74) is 4.83. The maximum absolute atomic E-state index is 12.0. The summed E-state index contributed by atoms with van der Waals surface area (Å²) in [7, 11) is 0. The van der Waals surface area contributed by atoms with Crippen LogP contribution in [0.25, 0.3) is 10.3 Å². The number of aliphatic hydroxyl groups excluding tert-OH is 3. The molecule has 0 amide bonds. The highest BCUT2D eigenvalue weighted by Gasteiger charge is 2.44. The quantitative estimate of drug-likeness (QED) is 0.400. The first-order chi connectivity index (χ1) is 9.93. The Balaban J connectivity index is 2.20. The van der Waals surface area contributed by atoms with Crippen molar-refractivity contribution in [2.24, 2.45) is 0 Å². The predicted octanol–water partition coefficient (Wildman–Crippen LogP) is -2.66. The number of aromatic amines is 1. The van der Waals surface area contributed by atoms with E-state index in [0.717, 1.165) is 4.57 Å². The lowest BCUT2D eigenvalue weighted by Gasteiger charge is -2.15. The van der Waals surface area contributed by atoms with Gasteiger partial charge in [-0.15, -0.1) is 0 Å². The SMILES string of the molecule is Nc1nc2c(sc(=O)n2C2O[C@H](CO)[C@H](O)[C@H]2O)c(=O)[nH]1. The number of thiazole rings is 1. The lowest BCUT2D eigenvalue weighted by atomic mass is 10.1. The van der Waals surface area contributed by atoms with Crippen LogP contribution < -0.4 is 16.2 Å². The van der Waals surface area contributed by atoms with Crippen LogP contribution in [0.5, 0.6) is 0 Å². The largest absolute Gasteiger partial charge is 0.394 e. The second-order valence-corrected chi connectivity index (χ2v) is 5.53. The Bertz CT molecular complexity index is 797. The van der Waals surface area contributed by atoms with Crippen LogP contribution in [-0.2, 0) is 4.74 Å². The van der Waals surface area contributed by atoms with E-state index in [1.165, 1.54) is 0 Å². The topological polar surface area (TPSA) is 164 Å². The van der Waals surface area contributed by atoms with E-state index < -0.39 is 41.6 Å². The number of nitrogens with one attached hydrogen (secondary N) is 1. The van der Waals surface area contributed by atoms with Gasteiger partial charge in [-0.1, -0.05) is 11.3 Å². The van der Waals surface area contributed by atoms with Crippen LogP contribution in [0.2, 0.25) is 0 Å². The smallest absolute Gasteiger partial charge is 0.311 e. The van der Waals surface area contributed by atoms with Crippen LogP contribution in [0, 0.1) is 0 Å². The Hall–Kier alpha value is -1.79. The van der Waals surface area contributed by atoms with Gasteiger partial charge in [-0.05, 0) is 0 Å². The van der Waals surface area contributed by atoms with Gasteiger partial charge in [0.25, 0.3) is 5.56 Å². The van der Waals surface area contributed by atoms with Crippen molar-refractivity contribution in [2.45, 2.75) is 24.5 Å². The second-order valence-electron chi connectivity index (χ2n) is 4.57. The van der Waals surface area contributed by atoms with Gasteiger partial charge in [0.05, 0.1) is 6.61 Å². The summed E-state index contributed by atoms with van der Waals surface area (Å²) in [6, 6.07) is 0. The van der Waals surface area contributed by atoms with Crippen molar-refractivity contribution in [3.05, 3.63) is 20.0 Å². The average Bonchev–Trinajstić information content (AvgIpc) is 2.89. The molecule has 1 aliphatic heterocycles. The molecule has 114 valence electrons. The van der Waals surface area contributed by atoms with Gasteiger partial charge in [0, 0.05) is 0 Å². The fourth-order valence-corrected chi connectivity index (χ4v) is 3.11. The van der Waals surface area contributed by atoms with E-state index in [1.54, 1.807) is 0 Å². The van der Waals surface area contributed by atoms with E-state index in [-0.39, 0.29) is 16.3 Å². The van der Waals surface area contributed by atoms with Gasteiger partial charge < -0.3 is 25.8 Å². The number of H-pyrrole nitrogens is 1. The monoisotopic (exact) mass is 316 g/mol. The van der Waals surface area contributed by atoms with E-state index in [0.29, 0.717) is 11.3 Å². The molecule has 0 saturated carbocycles. The van der Waals surface area contributed by atoms with Crippen LogP contribution in [0.1, 0.15) is 6.23 Å². The summed E-state index contributed by atoms with van der Waals surface area (Å²) in [6.45, 7) is -0.526. The molecule has 2 aromatic rings. The van der Waals surface area contributed by atoms with Crippen molar-refractivity contribution in [1.29, 1.82) is 0 Å². The first kappa shape index (κ1) is 14.2. The zero-order valence-corrected chi connectivity index (χ0v) is 11.3. The summed E-state index contributed by atoms with van der Waals surface area (Å²) < 4.78 is 6.26. The lowest BCUT2D eigenvalue weighted by Crippen LogP contribution is -2.34. The predicted molar refractivity (Wildman–Crippen MR) is 71.9 cm³/mol. The minimum Gasteiger partial charge on any atom is -0.394 e. The van der Waals surface area contributed by atoms with Gasteiger partial charge in [-0.25, -0.2) is 0 Å². The standard InChI is InChI=1S/C10H12N4O6S/c11-9-12-6-5(7(18)13-9)21-10(19)14(6)8-4(17)3(16)2(1-15)20-8/h2-4,8,15-17H,1H2,(H3,11,12,13,18)/t2-,3+,4-,8?/m1/s1. The number of ether oxygens (including phenoxy) is 1. The summed E-state index contributed by atoms with van der Waals surface area (Å²) in [4.78, 5) is 29.3. The summed E-state index contributed by atoms with van der Waals surface area (Å²) >= 11 is 0.623. The molecule has 0 radical (unpaired) electrons. The highest BCUT2D eigenvalue weighted by molar-refractivity contribution is 7.16. The van der Waals surface area contributed by atoms with Gasteiger partial charge in [0.1, 0.15) is 23.0 Å². The summed E-state index contributed by atoms with van der Waals surface area (Å²) in [5.74, 6) is -0.189. The Kier molecular flexibility index (Phi) is 3.30. The van der Waals surface area contributed by atoms with Crippen LogP contribution in [0.15, 0.2) is 9.59 Å². The van der Waals surface area contributed by atoms with E-state index in [4.69, 9.17) is 15.6 Å². The third-order valence-corrected chi connectivity index (χ3v) is 4.21. The molecule has 1 fully saturated rings. The Morgan fingerprint density at radius 1 is 1.38 bits per heavy atom. The van der Waals surface area contributed by atoms with E-state index >= 15 is 0 Å². The molecule has 3 rings (SSSR count). The zero-order valence-electron chi connectivity index (χ0n) is 10.5. The number of rotatable bonds is 2. The molecule has 21 heavy (non-hydrogen) atoms. The van der Waals surface area contributed by atoms with Crippen LogP contribution in [0.4, 0.5) is 5.95 Å². The fraction of sp³-hybridized carbons (Fsp3) is 0.500. The Labute approximate surface area is 120 Å². The molecule has 0 aliphatic carbocycles. The molecule has 2 aromatic heterocycles. The molecule has 3 heterocycles. The van der Waals surface area contributed by atoms with Crippen LogP contribution in [-0.4, -0.2) is 54.8 Å². The van der Waals surface area contributed by atoms with Crippen molar-refractivity contribution in [1.82, 2.24) is 14.5 Å². The molecule has 11 heteroatoms. The van der Waals surface area contributed by atoms with Gasteiger partial charge in [0.15, 0.2) is 11.9 Å². The lowest BCUT2D eigenvalue weighted by molar-refractivity contribution is -0.0518. The van der Waals surface area contributed by atoms with E-state index in [9.17, 15) is 19.8 Å². The molecule has 1 saturated heterocycles. The van der Waals surface area contributed by atoms with E-state index in [1.807, 2.05) is 0 Å². The number of aromatic nitrogens is 3. The van der Waals surface area contributed by atoms with E-state index in [2.05, 4.69) is 9.97 Å².